The lowest BCUT2D eigenvalue weighted by molar-refractivity contribution is -0.0110. The third-order valence-electron chi connectivity index (χ3n) is 6.54. The zero-order valence-corrected chi connectivity index (χ0v) is 21.1. The average molecular weight is 490 g/mol. The van der Waals surface area contributed by atoms with Gasteiger partial charge in [0.25, 0.3) is 0 Å². The first-order chi connectivity index (χ1) is 17.6. The van der Waals surface area contributed by atoms with Gasteiger partial charge in [0.1, 0.15) is 18.1 Å². The van der Waals surface area contributed by atoms with Gasteiger partial charge >= 0.3 is 5.97 Å². The molecule has 4 rings (SSSR count). The molecule has 1 N–H and O–H groups in total. The van der Waals surface area contributed by atoms with Crippen LogP contribution >= 0.6 is 0 Å². The van der Waals surface area contributed by atoms with E-state index in [1.54, 1.807) is 7.11 Å². The van der Waals surface area contributed by atoms with Crippen LogP contribution in [0.5, 0.6) is 5.75 Å². The Kier molecular flexibility index (Phi) is 8.98. The minimum atomic E-state index is -0.933. The van der Waals surface area contributed by atoms with Gasteiger partial charge in [-0.05, 0) is 56.4 Å². The second-order valence-electron chi connectivity index (χ2n) is 9.17. The summed E-state index contributed by atoms with van der Waals surface area (Å²) in [6, 6.07) is 15.6. The molecule has 3 aromatic rings. The molecule has 1 aliphatic heterocycles. The van der Waals surface area contributed by atoms with Crippen LogP contribution in [-0.2, 0) is 16.0 Å². The summed E-state index contributed by atoms with van der Waals surface area (Å²) >= 11 is 0. The number of ether oxygens (including phenoxy) is 3. The first kappa shape index (κ1) is 25.7. The molecule has 0 aliphatic carbocycles. The van der Waals surface area contributed by atoms with E-state index in [-0.39, 0.29) is 6.10 Å². The minimum Gasteiger partial charge on any atom is -0.491 e. The van der Waals surface area contributed by atoms with Crippen molar-refractivity contribution in [3.63, 3.8) is 0 Å². The number of fused-ring (bicyclic) bond motifs is 1. The summed E-state index contributed by atoms with van der Waals surface area (Å²) in [4.78, 5) is 12.5. The van der Waals surface area contributed by atoms with Crippen LogP contribution in [0.3, 0.4) is 0 Å². The number of methoxy groups -OCH3 is 1. The Hall–Kier alpha value is -3.35. The summed E-state index contributed by atoms with van der Waals surface area (Å²) in [6.45, 7) is 4.53. The summed E-state index contributed by atoms with van der Waals surface area (Å²) in [5.41, 5.74) is 3.99. The molecule has 6 heteroatoms. The van der Waals surface area contributed by atoms with Crippen LogP contribution in [0.15, 0.2) is 72.3 Å². The molecular weight excluding hydrogens is 454 g/mol. The first-order valence-corrected chi connectivity index (χ1v) is 12.6. The molecule has 0 amide bonds. The van der Waals surface area contributed by atoms with Crippen LogP contribution < -0.4 is 4.74 Å². The lowest BCUT2D eigenvalue weighted by Crippen LogP contribution is -2.25. The number of aryl methyl sites for hydroxylation is 1. The molecule has 1 fully saturated rings. The standard InChI is InChI=1S/C30H35NO5/c1-22(9-5-7-19-34-2)17-18-31-27-12-4-3-11-26(27)28(29(31)30(32)33)23-13-15-24(16-14-23)36-21-25-10-6-8-20-35-25/h3-5,7,9,11-16,25H,6,8,10,17-21H2,1-2H3,(H,32,33)/b7-5-,22-9+. The third kappa shape index (κ3) is 6.25. The predicted molar refractivity (Wildman–Crippen MR) is 143 cm³/mol. The van der Waals surface area contributed by atoms with Gasteiger partial charge < -0.3 is 23.9 Å². The highest BCUT2D eigenvalue weighted by Gasteiger charge is 2.23. The van der Waals surface area contributed by atoms with Crippen molar-refractivity contribution in [1.82, 2.24) is 4.57 Å². The molecule has 1 unspecified atom stereocenters. The van der Waals surface area contributed by atoms with Crippen LogP contribution in [0, 0.1) is 0 Å². The highest BCUT2D eigenvalue weighted by atomic mass is 16.5. The summed E-state index contributed by atoms with van der Waals surface area (Å²) in [5, 5.41) is 11.2. The van der Waals surface area contributed by atoms with Crippen molar-refractivity contribution in [1.29, 1.82) is 0 Å². The number of carbonyl (C=O) groups is 1. The van der Waals surface area contributed by atoms with Crippen molar-refractivity contribution < 1.29 is 24.1 Å². The fraction of sp³-hybridized carbons (Fsp3) is 0.367. The molecule has 1 aliphatic rings. The van der Waals surface area contributed by atoms with Crippen LogP contribution in [0.2, 0.25) is 0 Å². The summed E-state index contributed by atoms with van der Waals surface area (Å²) in [7, 11) is 1.66. The fourth-order valence-corrected chi connectivity index (χ4v) is 4.65. The number of nitrogens with zero attached hydrogens (tertiary/aromatic N) is 1. The van der Waals surface area contributed by atoms with E-state index in [9.17, 15) is 9.90 Å². The number of hydrogen-bond donors (Lipinski definition) is 1. The number of carboxylic acid groups (broad SMARTS) is 1. The summed E-state index contributed by atoms with van der Waals surface area (Å²) in [6.07, 6.45) is 10.2. The Labute approximate surface area is 212 Å². The Bertz CT molecular complexity index is 1220. The second-order valence-corrected chi connectivity index (χ2v) is 9.17. The summed E-state index contributed by atoms with van der Waals surface area (Å²) in [5.74, 6) is -0.173. The molecule has 0 bridgehead atoms. The van der Waals surface area contributed by atoms with Gasteiger partial charge in [-0.3, -0.25) is 0 Å². The van der Waals surface area contributed by atoms with Crippen LogP contribution in [0.4, 0.5) is 0 Å². The van der Waals surface area contributed by atoms with Crippen molar-refractivity contribution in [2.45, 2.75) is 45.3 Å². The van der Waals surface area contributed by atoms with E-state index in [1.807, 2.05) is 71.3 Å². The van der Waals surface area contributed by atoms with Gasteiger partial charge in [-0.25, -0.2) is 4.79 Å². The molecule has 6 nitrogen and oxygen atoms in total. The molecule has 1 atom stereocenters. The largest absolute Gasteiger partial charge is 0.491 e. The van der Waals surface area contributed by atoms with Gasteiger partial charge in [0.05, 0.1) is 12.7 Å². The fourth-order valence-electron chi connectivity index (χ4n) is 4.65. The SMILES string of the molecule is COC/C=C\C=C(/C)CCn1c(C(=O)O)c(-c2ccc(OCC3CCCCO3)cc2)c2ccccc21. The van der Waals surface area contributed by atoms with Gasteiger partial charge in [0.2, 0.25) is 0 Å². The molecular formula is C30H35NO5. The van der Waals surface area contributed by atoms with Crippen molar-refractivity contribution in [3.05, 3.63) is 78.0 Å². The molecule has 190 valence electrons. The maximum atomic E-state index is 12.5. The highest BCUT2D eigenvalue weighted by molar-refractivity contribution is 6.08. The normalized spacial score (nSPS) is 16.6. The zero-order valence-electron chi connectivity index (χ0n) is 21.1. The molecule has 0 saturated carbocycles. The van der Waals surface area contributed by atoms with E-state index in [0.29, 0.717) is 25.5 Å². The Morgan fingerprint density at radius 1 is 1.17 bits per heavy atom. The van der Waals surface area contributed by atoms with E-state index in [2.05, 4.69) is 6.92 Å². The van der Waals surface area contributed by atoms with E-state index in [4.69, 9.17) is 14.2 Å². The second kappa shape index (κ2) is 12.6. The predicted octanol–water partition coefficient (Wildman–Crippen LogP) is 6.49. The molecule has 2 heterocycles. The van der Waals surface area contributed by atoms with Crippen molar-refractivity contribution in [2.75, 3.05) is 26.9 Å². The van der Waals surface area contributed by atoms with Gasteiger partial charge in [-0.1, -0.05) is 54.1 Å². The average Bonchev–Trinajstić information content (AvgIpc) is 3.24. The minimum absolute atomic E-state index is 0.142. The molecule has 0 radical (unpaired) electrons. The van der Waals surface area contributed by atoms with Crippen LogP contribution in [0.25, 0.3) is 22.0 Å². The van der Waals surface area contributed by atoms with Gasteiger partial charge in [0.15, 0.2) is 0 Å². The lowest BCUT2D eigenvalue weighted by atomic mass is 10.0. The van der Waals surface area contributed by atoms with E-state index in [1.165, 1.54) is 12.0 Å². The number of para-hydroxylation sites is 1. The Morgan fingerprint density at radius 3 is 2.69 bits per heavy atom. The van der Waals surface area contributed by atoms with Gasteiger partial charge in [-0.2, -0.15) is 0 Å². The number of benzene rings is 2. The van der Waals surface area contributed by atoms with Crippen LogP contribution in [0.1, 0.15) is 43.1 Å². The quantitative estimate of drug-likeness (QED) is 0.312. The highest BCUT2D eigenvalue weighted by Crippen LogP contribution is 2.36. The van der Waals surface area contributed by atoms with Gasteiger partial charge in [0, 0.05) is 36.7 Å². The van der Waals surface area contributed by atoms with Crippen molar-refractivity contribution in [2.24, 2.45) is 0 Å². The third-order valence-corrected chi connectivity index (χ3v) is 6.54. The molecule has 2 aromatic carbocycles. The molecule has 0 spiro atoms. The number of aromatic carboxylic acids is 1. The smallest absolute Gasteiger partial charge is 0.353 e. The number of rotatable bonds is 11. The van der Waals surface area contributed by atoms with Gasteiger partial charge in [-0.15, -0.1) is 0 Å². The van der Waals surface area contributed by atoms with Crippen LogP contribution in [-0.4, -0.2) is 48.7 Å². The van der Waals surface area contributed by atoms with E-state index < -0.39 is 5.97 Å². The van der Waals surface area contributed by atoms with Crippen molar-refractivity contribution in [3.8, 4) is 16.9 Å². The zero-order chi connectivity index (χ0) is 25.3. The number of carboxylic acids is 1. The maximum absolute atomic E-state index is 12.5. The monoisotopic (exact) mass is 489 g/mol. The van der Waals surface area contributed by atoms with E-state index >= 15 is 0 Å². The number of aromatic nitrogens is 1. The summed E-state index contributed by atoms with van der Waals surface area (Å²) < 4.78 is 18.7. The lowest BCUT2D eigenvalue weighted by Gasteiger charge is -2.22. The number of hydrogen-bond acceptors (Lipinski definition) is 4. The Morgan fingerprint density at radius 2 is 1.97 bits per heavy atom. The number of allylic oxidation sites excluding steroid dienone is 3. The Balaban J connectivity index is 1.59. The first-order valence-electron chi connectivity index (χ1n) is 12.6. The molecule has 36 heavy (non-hydrogen) atoms. The van der Waals surface area contributed by atoms with Crippen molar-refractivity contribution >= 4 is 16.9 Å². The maximum Gasteiger partial charge on any atom is 0.353 e. The molecule has 1 saturated heterocycles. The molecule has 1 aromatic heterocycles. The van der Waals surface area contributed by atoms with E-state index in [0.717, 1.165) is 53.6 Å². The topological polar surface area (TPSA) is 69.9 Å².